The van der Waals surface area contributed by atoms with Gasteiger partial charge in [-0.25, -0.2) is 9.97 Å². The highest BCUT2D eigenvalue weighted by atomic mass is 19.4. The molecule has 0 aliphatic heterocycles. The van der Waals surface area contributed by atoms with Crippen LogP contribution in [0.5, 0.6) is 0 Å². The van der Waals surface area contributed by atoms with Gasteiger partial charge in [0.25, 0.3) is 0 Å². The zero-order valence-electron chi connectivity index (χ0n) is 14.5. The van der Waals surface area contributed by atoms with E-state index in [2.05, 4.69) is 25.3 Å². The van der Waals surface area contributed by atoms with Crippen LogP contribution >= 0.6 is 0 Å². The summed E-state index contributed by atoms with van der Waals surface area (Å²) in [5.74, 6) is -1.93. The number of hydrogen-bond donors (Lipinski definition) is 1. The van der Waals surface area contributed by atoms with Gasteiger partial charge in [0.2, 0.25) is 11.6 Å². The zero-order chi connectivity index (χ0) is 20.2. The molecule has 3 heterocycles. The quantitative estimate of drug-likeness (QED) is 0.479. The van der Waals surface area contributed by atoms with Crippen LogP contribution in [0.1, 0.15) is 21.9 Å². The Labute approximate surface area is 161 Å². The highest BCUT2D eigenvalue weighted by Gasteiger charge is 2.38. The third kappa shape index (κ3) is 2.78. The first-order valence-corrected chi connectivity index (χ1v) is 8.51. The van der Waals surface area contributed by atoms with E-state index in [4.69, 9.17) is 0 Å². The summed E-state index contributed by atoms with van der Waals surface area (Å²) >= 11 is 0. The molecule has 142 valence electrons. The Morgan fingerprint density at radius 3 is 2.41 bits per heavy atom. The molecule has 1 aromatic carbocycles. The number of pyridine rings is 2. The monoisotopic (exact) mass is 393 g/mol. The van der Waals surface area contributed by atoms with E-state index >= 15 is 0 Å². The number of carbonyl (C=O) groups is 1. The molecule has 0 radical (unpaired) electrons. The maximum atomic E-state index is 13.0. The first-order chi connectivity index (χ1) is 13.9. The van der Waals surface area contributed by atoms with Gasteiger partial charge in [-0.1, -0.05) is 0 Å². The van der Waals surface area contributed by atoms with Crippen molar-refractivity contribution in [3.8, 4) is 11.1 Å². The summed E-state index contributed by atoms with van der Waals surface area (Å²) in [4.78, 5) is 27.8. The van der Waals surface area contributed by atoms with E-state index in [0.717, 1.165) is 17.6 Å². The number of rotatable bonds is 2. The Balaban J connectivity index is 1.68. The second-order valence-electron chi connectivity index (χ2n) is 6.42. The van der Waals surface area contributed by atoms with Crippen LogP contribution in [0, 0.1) is 0 Å². The van der Waals surface area contributed by atoms with Crippen molar-refractivity contribution in [1.29, 1.82) is 0 Å². The SMILES string of the molecule is O=C1c2cnc3ccc(Nc4ccncc4)cc3c2-c2cnc(C(F)(F)F)nc21. The highest BCUT2D eigenvalue weighted by Crippen LogP contribution is 2.41. The van der Waals surface area contributed by atoms with Crippen molar-refractivity contribution in [1.82, 2.24) is 19.9 Å². The predicted molar refractivity (Wildman–Crippen MR) is 98.7 cm³/mol. The van der Waals surface area contributed by atoms with E-state index in [-0.39, 0.29) is 16.8 Å². The first kappa shape index (κ1) is 17.2. The van der Waals surface area contributed by atoms with Gasteiger partial charge in [0.05, 0.1) is 11.1 Å². The highest BCUT2D eigenvalue weighted by molar-refractivity contribution is 6.24. The van der Waals surface area contributed by atoms with Gasteiger partial charge in [-0.2, -0.15) is 13.2 Å². The van der Waals surface area contributed by atoms with Crippen molar-refractivity contribution in [2.24, 2.45) is 0 Å². The minimum absolute atomic E-state index is 0.210. The Kier molecular flexibility index (Phi) is 3.60. The lowest BCUT2D eigenvalue weighted by Gasteiger charge is -2.10. The molecule has 4 aromatic rings. The van der Waals surface area contributed by atoms with Gasteiger partial charge >= 0.3 is 6.18 Å². The summed E-state index contributed by atoms with van der Waals surface area (Å²) in [6, 6.07) is 8.98. The maximum Gasteiger partial charge on any atom is 0.451 e. The van der Waals surface area contributed by atoms with E-state index in [1.165, 1.54) is 6.20 Å². The van der Waals surface area contributed by atoms with E-state index < -0.39 is 17.8 Å². The summed E-state index contributed by atoms with van der Waals surface area (Å²) in [7, 11) is 0. The van der Waals surface area contributed by atoms with E-state index in [0.29, 0.717) is 16.5 Å². The molecule has 0 saturated carbocycles. The lowest BCUT2D eigenvalue weighted by atomic mass is 10.0. The molecule has 9 heteroatoms. The smallest absolute Gasteiger partial charge is 0.355 e. The van der Waals surface area contributed by atoms with Crippen LogP contribution in [-0.2, 0) is 6.18 Å². The van der Waals surface area contributed by atoms with Crippen molar-refractivity contribution in [3.05, 3.63) is 72.2 Å². The van der Waals surface area contributed by atoms with Gasteiger partial charge in [0, 0.05) is 52.7 Å². The normalized spacial score (nSPS) is 12.7. The molecule has 0 fully saturated rings. The number of fused-ring (bicyclic) bond motifs is 5. The molecule has 1 aliphatic rings. The Hall–Kier alpha value is -3.88. The van der Waals surface area contributed by atoms with Crippen LogP contribution in [0.4, 0.5) is 24.5 Å². The number of carbonyl (C=O) groups excluding carboxylic acids is 1. The lowest BCUT2D eigenvalue weighted by Crippen LogP contribution is -2.13. The van der Waals surface area contributed by atoms with Crippen LogP contribution in [0.2, 0.25) is 0 Å². The molecule has 0 unspecified atom stereocenters. The predicted octanol–water partition coefficient (Wildman–Crippen LogP) is 4.39. The number of hydrogen-bond acceptors (Lipinski definition) is 6. The Morgan fingerprint density at radius 1 is 0.897 bits per heavy atom. The summed E-state index contributed by atoms with van der Waals surface area (Å²) in [6.45, 7) is 0. The second kappa shape index (κ2) is 6.06. The Bertz CT molecular complexity index is 1290. The maximum absolute atomic E-state index is 13.0. The molecule has 1 aliphatic carbocycles. The topological polar surface area (TPSA) is 80.7 Å². The minimum atomic E-state index is -4.73. The van der Waals surface area contributed by atoms with Crippen LogP contribution in [0.25, 0.3) is 22.0 Å². The average Bonchev–Trinajstić information content (AvgIpc) is 3.00. The fraction of sp³-hybridized carbons (Fsp3) is 0.0500. The van der Waals surface area contributed by atoms with Crippen molar-refractivity contribution >= 4 is 28.1 Å². The van der Waals surface area contributed by atoms with Crippen molar-refractivity contribution < 1.29 is 18.0 Å². The van der Waals surface area contributed by atoms with Gasteiger partial charge in [0.15, 0.2) is 0 Å². The number of nitrogens with one attached hydrogen (secondary N) is 1. The number of alkyl halides is 3. The number of aromatic nitrogens is 4. The van der Waals surface area contributed by atoms with E-state index in [9.17, 15) is 18.0 Å². The molecule has 0 spiro atoms. The third-order valence-electron chi connectivity index (χ3n) is 4.61. The first-order valence-electron chi connectivity index (χ1n) is 8.51. The van der Waals surface area contributed by atoms with Crippen molar-refractivity contribution in [2.75, 3.05) is 5.32 Å². The summed E-state index contributed by atoms with van der Waals surface area (Å²) in [5.41, 5.74) is 2.85. The van der Waals surface area contributed by atoms with Crippen LogP contribution in [0.15, 0.2) is 55.1 Å². The molecular formula is C20H10F3N5O. The van der Waals surface area contributed by atoms with Gasteiger partial charge in [0.1, 0.15) is 5.69 Å². The molecule has 1 N–H and O–H groups in total. The molecular weight excluding hydrogens is 383 g/mol. The zero-order valence-corrected chi connectivity index (χ0v) is 14.5. The number of ketones is 1. The van der Waals surface area contributed by atoms with Gasteiger partial charge in [-0.05, 0) is 30.3 Å². The molecule has 6 nitrogen and oxygen atoms in total. The summed E-state index contributed by atoms with van der Waals surface area (Å²) < 4.78 is 38.9. The molecule has 0 bridgehead atoms. The van der Waals surface area contributed by atoms with Crippen molar-refractivity contribution in [3.63, 3.8) is 0 Å². The molecule has 0 amide bonds. The molecule has 5 rings (SSSR count). The van der Waals surface area contributed by atoms with Crippen LogP contribution in [0.3, 0.4) is 0 Å². The molecule has 0 saturated heterocycles. The summed E-state index contributed by atoms with van der Waals surface area (Å²) in [5, 5.41) is 3.84. The fourth-order valence-corrected chi connectivity index (χ4v) is 3.34. The van der Waals surface area contributed by atoms with Gasteiger partial charge in [-0.3, -0.25) is 14.8 Å². The average molecular weight is 393 g/mol. The second-order valence-corrected chi connectivity index (χ2v) is 6.42. The van der Waals surface area contributed by atoms with Gasteiger partial charge < -0.3 is 5.32 Å². The number of anilines is 2. The Morgan fingerprint density at radius 2 is 1.66 bits per heavy atom. The lowest BCUT2D eigenvalue weighted by molar-refractivity contribution is -0.145. The number of benzene rings is 1. The fourth-order valence-electron chi connectivity index (χ4n) is 3.34. The van der Waals surface area contributed by atoms with Crippen LogP contribution in [-0.4, -0.2) is 25.7 Å². The number of halogens is 3. The molecule has 3 aromatic heterocycles. The third-order valence-corrected chi connectivity index (χ3v) is 4.61. The summed E-state index contributed by atoms with van der Waals surface area (Å²) in [6.07, 6.45) is 0.981. The van der Waals surface area contributed by atoms with Gasteiger partial charge in [-0.15, -0.1) is 0 Å². The standard InChI is InChI=1S/C20H10F3N5O/c21-20(22,23)19-26-8-13-16-12-7-11(27-10-3-5-24-6-4-10)1-2-15(12)25-9-14(16)18(29)17(13)28-19/h1-9H,(H,24,27). The molecule has 29 heavy (non-hydrogen) atoms. The largest absolute Gasteiger partial charge is 0.451 e. The minimum Gasteiger partial charge on any atom is -0.355 e. The van der Waals surface area contributed by atoms with E-state index in [1.54, 1.807) is 36.7 Å². The number of nitrogens with zero attached hydrogens (tertiary/aromatic N) is 4. The molecule has 0 atom stereocenters. The van der Waals surface area contributed by atoms with Crippen molar-refractivity contribution in [2.45, 2.75) is 6.18 Å². The van der Waals surface area contributed by atoms with Crippen LogP contribution < -0.4 is 5.32 Å². The van der Waals surface area contributed by atoms with E-state index in [1.807, 2.05) is 6.07 Å².